The molecule has 0 radical (unpaired) electrons. The van der Waals surface area contributed by atoms with Crippen molar-refractivity contribution in [3.63, 3.8) is 0 Å². The molecule has 11 rings (SSSR count). The maximum atomic E-state index is 5.46. The summed E-state index contributed by atoms with van der Waals surface area (Å²) in [5.41, 5.74) is 17.2. The lowest BCUT2D eigenvalue weighted by Gasteiger charge is -2.24. The minimum Gasteiger partial charge on any atom is -0.311 e. The summed E-state index contributed by atoms with van der Waals surface area (Å²) in [4.78, 5) is 7.90. The third kappa shape index (κ3) is 4.58. The number of aromatic nitrogens is 3. The monoisotopic (exact) mass is 680 g/mol. The first-order chi connectivity index (χ1) is 26.3. The summed E-state index contributed by atoms with van der Waals surface area (Å²) >= 11 is 0. The van der Waals surface area contributed by atoms with Gasteiger partial charge in [-0.2, -0.15) is 0 Å². The largest absolute Gasteiger partial charge is 0.311 e. The van der Waals surface area contributed by atoms with Crippen LogP contribution in [0.15, 0.2) is 176 Å². The lowest BCUT2D eigenvalue weighted by atomic mass is 9.89. The van der Waals surface area contributed by atoms with Crippen molar-refractivity contribution in [3.05, 3.63) is 192 Å². The third-order valence-corrected chi connectivity index (χ3v) is 11.2. The Balaban J connectivity index is 1.25. The summed E-state index contributed by atoms with van der Waals surface area (Å²) in [7, 11) is 0. The summed E-state index contributed by atoms with van der Waals surface area (Å²) in [6.45, 7) is 0. The van der Waals surface area contributed by atoms with Crippen molar-refractivity contribution < 1.29 is 0 Å². The molecule has 2 aliphatic carbocycles. The van der Waals surface area contributed by atoms with E-state index in [0.717, 1.165) is 41.9 Å². The van der Waals surface area contributed by atoms with E-state index in [2.05, 4.69) is 190 Å². The Morgan fingerprint density at radius 1 is 0.604 bits per heavy atom. The van der Waals surface area contributed by atoms with E-state index in [1.807, 2.05) is 0 Å². The molecule has 0 saturated heterocycles. The van der Waals surface area contributed by atoms with Crippen molar-refractivity contribution in [2.75, 3.05) is 4.90 Å². The van der Waals surface area contributed by atoms with Crippen molar-refractivity contribution in [2.45, 2.75) is 25.2 Å². The van der Waals surface area contributed by atoms with Crippen LogP contribution < -0.4 is 4.90 Å². The normalized spacial score (nSPS) is 15.8. The van der Waals surface area contributed by atoms with Gasteiger partial charge in [0.25, 0.3) is 0 Å². The fourth-order valence-corrected chi connectivity index (χ4v) is 9.03. The number of hydrogen-bond donors (Lipinski definition) is 0. The summed E-state index contributed by atoms with van der Waals surface area (Å²) in [6.07, 6.45) is 14.6. The predicted octanol–water partition coefficient (Wildman–Crippen LogP) is 12.3. The average Bonchev–Trinajstić information content (AvgIpc) is 3.87. The molecule has 5 aromatic carbocycles. The van der Waals surface area contributed by atoms with Crippen molar-refractivity contribution in [1.82, 2.24) is 14.1 Å². The fraction of sp³-hybridized carbons (Fsp3) is 0.0816. The molecule has 0 amide bonds. The second kappa shape index (κ2) is 12.0. The van der Waals surface area contributed by atoms with Gasteiger partial charge < -0.3 is 9.13 Å². The van der Waals surface area contributed by atoms with Gasteiger partial charge in [0.1, 0.15) is 5.82 Å². The quantitative estimate of drug-likeness (QED) is 0.181. The molecule has 8 aromatic rings. The van der Waals surface area contributed by atoms with Crippen molar-refractivity contribution in [3.8, 4) is 33.8 Å². The van der Waals surface area contributed by atoms with E-state index >= 15 is 0 Å². The standard InChI is InChI=1S/C49H36N4/c1-5-17-33(18-6-1)35-31-40(34-19-7-2-8-20-34)50-45(32-35)53-41-27-15-13-25-38(41)46-43(53)29-30-44-47(46)49-48(52(44)37-23-11-4-12-24-37)39-26-14-16-28-42(39)51(49)36-21-9-3-10-22-36/h1-15,17-24,26-27,29-32,38H,16,25,28H2. The highest BCUT2D eigenvalue weighted by Crippen LogP contribution is 2.56. The first-order valence-electron chi connectivity index (χ1n) is 18.7. The third-order valence-electron chi connectivity index (χ3n) is 11.2. The molecule has 0 fully saturated rings. The minimum absolute atomic E-state index is 0.183. The first kappa shape index (κ1) is 30.0. The van der Waals surface area contributed by atoms with Gasteiger partial charge in [0.05, 0.1) is 27.9 Å². The van der Waals surface area contributed by atoms with Gasteiger partial charge in [-0.05, 0) is 90.6 Å². The van der Waals surface area contributed by atoms with Crippen LogP contribution in [0.3, 0.4) is 0 Å². The highest BCUT2D eigenvalue weighted by atomic mass is 15.2. The van der Waals surface area contributed by atoms with Crippen molar-refractivity contribution >= 4 is 39.5 Å². The van der Waals surface area contributed by atoms with Gasteiger partial charge in [-0.1, -0.05) is 121 Å². The number of para-hydroxylation sites is 2. The molecule has 1 aliphatic heterocycles. The molecule has 1 atom stereocenters. The van der Waals surface area contributed by atoms with Gasteiger partial charge in [-0.25, -0.2) is 4.98 Å². The van der Waals surface area contributed by atoms with Crippen LogP contribution >= 0.6 is 0 Å². The maximum absolute atomic E-state index is 5.46. The van der Waals surface area contributed by atoms with Crippen LogP contribution in [0.1, 0.15) is 35.6 Å². The zero-order chi connectivity index (χ0) is 34.9. The Hall–Kier alpha value is -6.65. The van der Waals surface area contributed by atoms with Gasteiger partial charge in [0.15, 0.2) is 0 Å². The molecule has 252 valence electrons. The molecule has 53 heavy (non-hydrogen) atoms. The molecule has 1 unspecified atom stereocenters. The zero-order valence-electron chi connectivity index (χ0n) is 29.2. The van der Waals surface area contributed by atoms with Crippen LogP contribution in [0, 0.1) is 0 Å². The molecule has 4 heterocycles. The number of anilines is 2. The SMILES string of the molecule is C1=CCC2C(=C1)N(c1cc(-c3ccccc3)cc(-c3ccccc3)n1)c1ccc3c(c12)c1c(c2c(n1-c1ccccc1)CCC=C2)n3-c1ccccc1. The Kier molecular flexibility index (Phi) is 6.78. The first-order valence-corrected chi connectivity index (χ1v) is 18.7. The van der Waals surface area contributed by atoms with Crippen molar-refractivity contribution in [2.24, 2.45) is 0 Å². The fourth-order valence-electron chi connectivity index (χ4n) is 9.03. The molecular weight excluding hydrogens is 645 g/mol. The lowest BCUT2D eigenvalue weighted by Crippen LogP contribution is -2.16. The van der Waals surface area contributed by atoms with Crippen LogP contribution in [0.5, 0.6) is 0 Å². The molecule has 0 spiro atoms. The van der Waals surface area contributed by atoms with Gasteiger partial charge in [0, 0.05) is 45.2 Å². The van der Waals surface area contributed by atoms with E-state index < -0.39 is 0 Å². The van der Waals surface area contributed by atoms with E-state index in [9.17, 15) is 0 Å². The molecule has 0 N–H and O–H groups in total. The minimum atomic E-state index is 0.183. The van der Waals surface area contributed by atoms with Crippen LogP contribution in [0.2, 0.25) is 0 Å². The summed E-state index contributed by atoms with van der Waals surface area (Å²) < 4.78 is 5.09. The average molecular weight is 681 g/mol. The van der Waals surface area contributed by atoms with Gasteiger partial charge in [0.2, 0.25) is 0 Å². The second-order valence-corrected chi connectivity index (χ2v) is 14.2. The van der Waals surface area contributed by atoms with E-state index in [4.69, 9.17) is 4.98 Å². The highest BCUT2D eigenvalue weighted by Gasteiger charge is 2.40. The topological polar surface area (TPSA) is 26.0 Å². The number of nitrogens with zero attached hydrogens (tertiary/aromatic N) is 4. The smallest absolute Gasteiger partial charge is 0.138 e. The van der Waals surface area contributed by atoms with E-state index in [-0.39, 0.29) is 5.92 Å². The second-order valence-electron chi connectivity index (χ2n) is 14.2. The lowest BCUT2D eigenvalue weighted by molar-refractivity contribution is 0.822. The zero-order valence-corrected chi connectivity index (χ0v) is 29.2. The number of benzene rings is 5. The van der Waals surface area contributed by atoms with Gasteiger partial charge >= 0.3 is 0 Å². The van der Waals surface area contributed by atoms with Gasteiger partial charge in [-0.15, -0.1) is 0 Å². The molecular formula is C49H36N4. The summed E-state index contributed by atoms with van der Waals surface area (Å²) in [5, 5.41) is 1.32. The molecule has 3 aliphatic rings. The summed E-state index contributed by atoms with van der Waals surface area (Å²) in [5.74, 6) is 1.12. The highest BCUT2D eigenvalue weighted by molar-refractivity contribution is 6.16. The van der Waals surface area contributed by atoms with Crippen LogP contribution in [0.25, 0.3) is 61.8 Å². The molecule has 3 aromatic heterocycles. The molecule has 0 saturated carbocycles. The van der Waals surface area contributed by atoms with Crippen LogP contribution in [-0.4, -0.2) is 14.1 Å². The Morgan fingerprint density at radius 2 is 1.28 bits per heavy atom. The van der Waals surface area contributed by atoms with E-state index in [1.165, 1.54) is 67.1 Å². The Labute approximate surface area is 308 Å². The number of fused-ring (bicyclic) bond motifs is 9. The number of rotatable bonds is 5. The summed E-state index contributed by atoms with van der Waals surface area (Å²) in [6, 6.07) is 52.4. The van der Waals surface area contributed by atoms with Gasteiger partial charge in [-0.3, -0.25) is 4.90 Å². The predicted molar refractivity (Wildman–Crippen MR) is 219 cm³/mol. The van der Waals surface area contributed by atoms with Crippen LogP contribution in [0.4, 0.5) is 11.5 Å². The molecule has 4 nitrogen and oxygen atoms in total. The maximum Gasteiger partial charge on any atom is 0.138 e. The number of pyridine rings is 1. The van der Waals surface area contributed by atoms with E-state index in [0.29, 0.717) is 0 Å². The number of hydrogen-bond acceptors (Lipinski definition) is 2. The number of allylic oxidation sites excluding steroid dienone is 5. The molecule has 0 bridgehead atoms. The Bertz CT molecular complexity index is 2730. The van der Waals surface area contributed by atoms with Crippen LogP contribution in [-0.2, 0) is 6.42 Å². The van der Waals surface area contributed by atoms with E-state index in [1.54, 1.807) is 0 Å². The van der Waals surface area contributed by atoms with Crippen molar-refractivity contribution in [1.29, 1.82) is 0 Å². The Morgan fingerprint density at radius 3 is 2.02 bits per heavy atom. The molecule has 4 heteroatoms.